The van der Waals surface area contributed by atoms with E-state index in [0.29, 0.717) is 17.2 Å². The average Bonchev–Trinajstić information content (AvgIpc) is 3.11. The lowest BCUT2D eigenvalue weighted by atomic mass is 9.90. The van der Waals surface area contributed by atoms with Crippen LogP contribution in [0.15, 0.2) is 34.9 Å². The van der Waals surface area contributed by atoms with Crippen LogP contribution >= 0.6 is 0 Å². The van der Waals surface area contributed by atoms with Gasteiger partial charge in [0.05, 0.1) is 0 Å². The van der Waals surface area contributed by atoms with Crippen molar-refractivity contribution in [1.82, 2.24) is 15.4 Å². The Labute approximate surface area is 156 Å². The van der Waals surface area contributed by atoms with Gasteiger partial charge in [0.25, 0.3) is 5.91 Å². The summed E-state index contributed by atoms with van der Waals surface area (Å²) in [4.78, 5) is 38.3. The smallest absolute Gasteiger partial charge is 0.325 e. The van der Waals surface area contributed by atoms with Crippen molar-refractivity contribution in [3.63, 3.8) is 0 Å². The monoisotopic (exact) mass is 370 g/mol. The van der Waals surface area contributed by atoms with E-state index in [9.17, 15) is 14.4 Å². The molecule has 142 valence electrons. The molecule has 1 aromatic carbocycles. The van der Waals surface area contributed by atoms with Gasteiger partial charge in [-0.3, -0.25) is 14.5 Å². The van der Waals surface area contributed by atoms with Crippen LogP contribution < -0.4 is 10.6 Å². The van der Waals surface area contributed by atoms with Crippen molar-refractivity contribution in [3.8, 4) is 0 Å². The lowest BCUT2D eigenvalue weighted by Gasteiger charge is -2.22. The maximum Gasteiger partial charge on any atom is 0.325 e. The summed E-state index contributed by atoms with van der Waals surface area (Å²) in [7, 11) is 0. The van der Waals surface area contributed by atoms with Gasteiger partial charge in [-0.2, -0.15) is 0 Å². The van der Waals surface area contributed by atoms with E-state index in [2.05, 4.69) is 29.6 Å². The van der Waals surface area contributed by atoms with Crippen molar-refractivity contribution in [3.05, 3.63) is 47.2 Å². The van der Waals surface area contributed by atoms with Gasteiger partial charge in [-0.15, -0.1) is 0 Å². The predicted octanol–water partition coefficient (Wildman–Crippen LogP) is 2.51. The van der Waals surface area contributed by atoms with Gasteiger partial charge in [0, 0.05) is 6.07 Å². The number of carbonyl (C=O) groups excluding carboxylic acids is 3. The van der Waals surface area contributed by atoms with Crippen LogP contribution in [-0.2, 0) is 15.1 Å². The van der Waals surface area contributed by atoms with Crippen LogP contribution in [0.2, 0.25) is 0 Å². The highest BCUT2D eigenvalue weighted by atomic mass is 16.5. The number of carbonyl (C=O) groups is 3. The molecule has 1 fully saturated rings. The molecule has 0 radical (unpaired) electrons. The summed E-state index contributed by atoms with van der Waals surface area (Å²) in [6.07, 6.45) is 0. The summed E-state index contributed by atoms with van der Waals surface area (Å²) in [6, 6.07) is 8.47. The number of nitrogens with zero attached hydrogens (tertiary/aromatic N) is 2. The standard InChI is InChI=1S/C19H22N4O4/c1-11(2)13-5-7-14(8-6-13)19(4)17(25)23(18(26)21-19)10-16(24)20-15-9-12(3)27-22-15/h5-9,11H,10H2,1-4H3,(H,21,26)(H,20,22,24)/t19-/m0/s1. The van der Waals surface area contributed by atoms with E-state index < -0.39 is 29.9 Å². The molecule has 8 heteroatoms. The molecule has 0 spiro atoms. The molecule has 0 saturated carbocycles. The van der Waals surface area contributed by atoms with Crippen LogP contribution in [0.25, 0.3) is 0 Å². The maximum absolute atomic E-state index is 12.9. The Morgan fingerprint density at radius 3 is 2.52 bits per heavy atom. The number of hydrogen-bond acceptors (Lipinski definition) is 5. The molecule has 0 bridgehead atoms. The fraction of sp³-hybridized carbons (Fsp3) is 0.368. The van der Waals surface area contributed by atoms with Crippen LogP contribution in [0.3, 0.4) is 0 Å². The van der Waals surface area contributed by atoms with Gasteiger partial charge in [-0.05, 0) is 30.9 Å². The highest BCUT2D eigenvalue weighted by molar-refractivity contribution is 6.10. The van der Waals surface area contributed by atoms with Gasteiger partial charge in [-0.25, -0.2) is 4.79 Å². The summed E-state index contributed by atoms with van der Waals surface area (Å²) < 4.78 is 4.87. The number of urea groups is 1. The zero-order valence-corrected chi connectivity index (χ0v) is 15.7. The SMILES string of the molecule is Cc1cc(NC(=O)CN2C(=O)N[C@@](C)(c3ccc(C(C)C)cc3)C2=O)no1. The van der Waals surface area contributed by atoms with Crippen molar-refractivity contribution in [2.75, 3.05) is 11.9 Å². The van der Waals surface area contributed by atoms with Gasteiger partial charge in [0.1, 0.15) is 17.8 Å². The highest BCUT2D eigenvalue weighted by Gasteiger charge is 2.49. The molecule has 8 nitrogen and oxygen atoms in total. The summed E-state index contributed by atoms with van der Waals surface area (Å²) in [6.45, 7) is 7.08. The van der Waals surface area contributed by atoms with E-state index in [1.807, 2.05) is 24.3 Å². The summed E-state index contributed by atoms with van der Waals surface area (Å²) in [5.74, 6) is 0.123. The van der Waals surface area contributed by atoms with Crippen LogP contribution in [0.5, 0.6) is 0 Å². The fourth-order valence-corrected chi connectivity index (χ4v) is 2.99. The van der Waals surface area contributed by atoms with Crippen LogP contribution in [-0.4, -0.2) is 34.4 Å². The maximum atomic E-state index is 12.9. The van der Waals surface area contributed by atoms with E-state index >= 15 is 0 Å². The van der Waals surface area contributed by atoms with Gasteiger partial charge >= 0.3 is 6.03 Å². The third kappa shape index (κ3) is 3.55. The Balaban J connectivity index is 1.74. The lowest BCUT2D eigenvalue weighted by Crippen LogP contribution is -2.42. The first kappa shape index (κ1) is 18.6. The predicted molar refractivity (Wildman–Crippen MR) is 98.0 cm³/mol. The zero-order valence-electron chi connectivity index (χ0n) is 15.7. The molecular weight excluding hydrogens is 348 g/mol. The molecule has 0 aliphatic carbocycles. The van der Waals surface area contributed by atoms with Crippen molar-refractivity contribution < 1.29 is 18.9 Å². The first-order valence-corrected chi connectivity index (χ1v) is 8.68. The third-order valence-electron chi connectivity index (χ3n) is 4.63. The normalized spacial score (nSPS) is 19.5. The molecule has 27 heavy (non-hydrogen) atoms. The largest absolute Gasteiger partial charge is 0.360 e. The Kier molecular flexibility index (Phi) is 4.73. The van der Waals surface area contributed by atoms with Crippen molar-refractivity contribution >= 4 is 23.7 Å². The molecule has 0 unspecified atom stereocenters. The minimum absolute atomic E-state index is 0.233. The molecule has 2 heterocycles. The highest BCUT2D eigenvalue weighted by Crippen LogP contribution is 2.29. The summed E-state index contributed by atoms with van der Waals surface area (Å²) in [5, 5.41) is 8.85. The minimum atomic E-state index is -1.21. The summed E-state index contributed by atoms with van der Waals surface area (Å²) in [5.41, 5.74) is 0.593. The first-order valence-electron chi connectivity index (χ1n) is 8.68. The number of benzene rings is 1. The zero-order chi connectivity index (χ0) is 19.8. The average molecular weight is 370 g/mol. The fourth-order valence-electron chi connectivity index (χ4n) is 2.99. The third-order valence-corrected chi connectivity index (χ3v) is 4.63. The molecule has 2 N–H and O–H groups in total. The minimum Gasteiger partial charge on any atom is -0.360 e. The second-order valence-corrected chi connectivity index (χ2v) is 7.09. The molecular formula is C19H22N4O4. The molecule has 3 rings (SSSR count). The topological polar surface area (TPSA) is 105 Å². The van der Waals surface area contributed by atoms with Gasteiger partial charge in [-0.1, -0.05) is 43.3 Å². The second kappa shape index (κ2) is 6.86. The number of aryl methyl sites for hydroxylation is 1. The second-order valence-electron chi connectivity index (χ2n) is 7.09. The van der Waals surface area contributed by atoms with Gasteiger partial charge in [0.15, 0.2) is 5.82 Å². The molecule has 1 saturated heterocycles. The van der Waals surface area contributed by atoms with Gasteiger partial charge < -0.3 is 15.2 Å². The van der Waals surface area contributed by atoms with Crippen LogP contribution in [0, 0.1) is 6.92 Å². The molecule has 4 amide bonds. The number of imide groups is 1. The van der Waals surface area contributed by atoms with E-state index in [1.54, 1.807) is 19.9 Å². The lowest BCUT2D eigenvalue weighted by molar-refractivity contribution is -0.133. The number of hydrogen-bond donors (Lipinski definition) is 2. The number of amides is 4. The van der Waals surface area contributed by atoms with E-state index in [4.69, 9.17) is 4.52 Å². The molecule has 1 atom stereocenters. The quantitative estimate of drug-likeness (QED) is 0.787. The van der Waals surface area contributed by atoms with Crippen LogP contribution in [0.4, 0.5) is 10.6 Å². The van der Waals surface area contributed by atoms with Crippen molar-refractivity contribution in [2.45, 2.75) is 39.2 Å². The Morgan fingerprint density at radius 2 is 1.96 bits per heavy atom. The van der Waals surface area contributed by atoms with E-state index in [1.165, 1.54) is 0 Å². The number of aromatic nitrogens is 1. The number of nitrogens with one attached hydrogen (secondary N) is 2. The number of anilines is 1. The van der Waals surface area contributed by atoms with Crippen molar-refractivity contribution in [2.24, 2.45) is 0 Å². The number of rotatable bonds is 5. The molecule has 1 aliphatic heterocycles. The van der Waals surface area contributed by atoms with Crippen LogP contribution in [0.1, 0.15) is 43.6 Å². The Bertz CT molecular complexity index is 887. The van der Waals surface area contributed by atoms with Gasteiger partial charge in [0.2, 0.25) is 5.91 Å². The van der Waals surface area contributed by atoms with E-state index in [0.717, 1.165) is 10.5 Å². The Morgan fingerprint density at radius 1 is 1.30 bits per heavy atom. The van der Waals surface area contributed by atoms with Crippen molar-refractivity contribution in [1.29, 1.82) is 0 Å². The van der Waals surface area contributed by atoms with E-state index in [-0.39, 0.29) is 5.82 Å². The first-order chi connectivity index (χ1) is 12.7. The molecule has 2 aromatic rings. The summed E-state index contributed by atoms with van der Waals surface area (Å²) >= 11 is 0. The molecule has 1 aliphatic rings. The molecule has 1 aromatic heterocycles. The Hall–Kier alpha value is -3.16.